The molecule has 8 nitrogen and oxygen atoms in total. The van der Waals surface area contributed by atoms with Crippen molar-refractivity contribution in [2.45, 2.75) is 25.0 Å². The van der Waals surface area contributed by atoms with Crippen LogP contribution in [0.2, 0.25) is 0 Å². The van der Waals surface area contributed by atoms with Crippen molar-refractivity contribution < 1.29 is 12.9 Å². The van der Waals surface area contributed by atoms with Gasteiger partial charge in [-0.3, -0.25) is 0 Å². The predicted molar refractivity (Wildman–Crippen MR) is 73.7 cm³/mol. The molecule has 0 saturated carbocycles. The van der Waals surface area contributed by atoms with Crippen LogP contribution in [-0.4, -0.2) is 51.2 Å². The molecule has 1 aliphatic rings. The lowest BCUT2D eigenvalue weighted by Gasteiger charge is -2.36. The van der Waals surface area contributed by atoms with Crippen molar-refractivity contribution in [1.29, 1.82) is 0 Å². The van der Waals surface area contributed by atoms with Gasteiger partial charge < -0.3 is 4.52 Å². The third kappa shape index (κ3) is 2.54. The molecule has 21 heavy (non-hydrogen) atoms. The first-order valence-electron chi connectivity index (χ1n) is 6.58. The number of rotatable bonds is 4. The molecule has 2 aromatic rings. The Bertz CT molecular complexity index is 722. The van der Waals surface area contributed by atoms with Crippen LogP contribution in [0.4, 0.5) is 0 Å². The molecule has 112 valence electrons. The highest BCUT2D eigenvalue weighted by Gasteiger charge is 2.40. The van der Waals surface area contributed by atoms with E-state index in [4.69, 9.17) is 4.52 Å². The third-order valence-electron chi connectivity index (χ3n) is 3.36. The molecule has 0 aliphatic carbocycles. The Labute approximate surface area is 122 Å². The Morgan fingerprint density at radius 3 is 2.52 bits per heavy atom. The van der Waals surface area contributed by atoms with E-state index in [0.717, 1.165) is 0 Å². The fraction of sp³-hybridized carbons (Fsp3) is 0.500. The maximum Gasteiger partial charge on any atom is 0.240 e. The summed E-state index contributed by atoms with van der Waals surface area (Å²) in [6.07, 6.45) is 3.19. The van der Waals surface area contributed by atoms with E-state index in [2.05, 4.69) is 20.1 Å². The van der Waals surface area contributed by atoms with E-state index < -0.39 is 15.3 Å². The molecule has 1 saturated heterocycles. The second kappa shape index (κ2) is 5.15. The topological polar surface area (TPSA) is 102 Å². The summed E-state index contributed by atoms with van der Waals surface area (Å²) >= 11 is 0. The van der Waals surface area contributed by atoms with Crippen LogP contribution in [-0.2, 0) is 10.0 Å². The molecule has 0 aromatic carbocycles. The van der Waals surface area contributed by atoms with Gasteiger partial charge in [0.1, 0.15) is 0 Å². The van der Waals surface area contributed by atoms with Crippen LogP contribution < -0.4 is 0 Å². The van der Waals surface area contributed by atoms with Crippen molar-refractivity contribution in [2.24, 2.45) is 0 Å². The second-order valence-corrected chi connectivity index (χ2v) is 7.63. The van der Waals surface area contributed by atoms with E-state index in [0.29, 0.717) is 30.6 Å². The van der Waals surface area contributed by atoms with E-state index >= 15 is 0 Å². The van der Waals surface area contributed by atoms with Crippen LogP contribution in [0.3, 0.4) is 0 Å². The van der Waals surface area contributed by atoms with Crippen LogP contribution in [0.1, 0.15) is 25.7 Å². The maximum atomic E-state index is 12.0. The van der Waals surface area contributed by atoms with Crippen molar-refractivity contribution >= 4 is 10.0 Å². The summed E-state index contributed by atoms with van der Waals surface area (Å²) in [6, 6.07) is 1.70. The minimum absolute atomic E-state index is 0.0662. The van der Waals surface area contributed by atoms with E-state index in [1.165, 1.54) is 4.31 Å². The number of hydrogen-bond acceptors (Lipinski definition) is 7. The monoisotopic (exact) mass is 309 g/mol. The summed E-state index contributed by atoms with van der Waals surface area (Å²) in [5.41, 5.74) is 0. The van der Waals surface area contributed by atoms with Gasteiger partial charge in [0.15, 0.2) is 0 Å². The molecule has 3 heterocycles. The van der Waals surface area contributed by atoms with Crippen LogP contribution in [0.15, 0.2) is 23.0 Å². The Hall–Kier alpha value is -1.87. The smallest absolute Gasteiger partial charge is 0.240 e. The highest BCUT2D eigenvalue weighted by molar-refractivity contribution is 7.89. The number of nitrogens with zero attached hydrogens (tertiary/aromatic N) is 5. The fourth-order valence-electron chi connectivity index (χ4n) is 2.01. The van der Waals surface area contributed by atoms with Gasteiger partial charge in [0.2, 0.25) is 27.6 Å². The zero-order valence-corrected chi connectivity index (χ0v) is 12.5. The lowest BCUT2D eigenvalue weighted by molar-refractivity contribution is 0.215. The Morgan fingerprint density at radius 1 is 1.24 bits per heavy atom. The van der Waals surface area contributed by atoms with E-state index in [1.807, 2.05) is 0 Å². The summed E-state index contributed by atoms with van der Waals surface area (Å²) in [5.74, 6) is 1.06. The van der Waals surface area contributed by atoms with Gasteiger partial charge >= 0.3 is 0 Å². The normalized spacial score (nSPS) is 17.1. The first-order chi connectivity index (χ1) is 9.98. The highest BCUT2D eigenvalue weighted by Crippen LogP contribution is 2.30. The van der Waals surface area contributed by atoms with Crippen LogP contribution in [0.5, 0.6) is 0 Å². The van der Waals surface area contributed by atoms with Gasteiger partial charge in [-0.05, 0) is 19.9 Å². The van der Waals surface area contributed by atoms with Gasteiger partial charge in [-0.2, -0.15) is 4.98 Å². The van der Waals surface area contributed by atoms with Crippen LogP contribution in [0.25, 0.3) is 11.6 Å². The van der Waals surface area contributed by atoms with Gasteiger partial charge in [0.25, 0.3) is 0 Å². The molecule has 0 spiro atoms. The molecule has 2 aromatic heterocycles. The van der Waals surface area contributed by atoms with Crippen molar-refractivity contribution in [1.82, 2.24) is 24.4 Å². The standard InChI is InChI=1S/C12H15N5O3S/c1-8(2)21(18,19)17-6-9(7-17)12-15-11(16-20-12)10-13-4-3-5-14-10/h3-5,8-9H,6-7H2,1-2H3. The highest BCUT2D eigenvalue weighted by atomic mass is 32.2. The number of aromatic nitrogens is 4. The average molecular weight is 309 g/mol. The molecular formula is C12H15N5O3S. The first kappa shape index (κ1) is 14.1. The molecule has 0 amide bonds. The van der Waals surface area contributed by atoms with Crippen molar-refractivity contribution in [2.75, 3.05) is 13.1 Å². The Kier molecular flexibility index (Phi) is 3.46. The molecule has 9 heteroatoms. The minimum atomic E-state index is -3.21. The molecule has 0 N–H and O–H groups in total. The maximum absolute atomic E-state index is 12.0. The molecule has 0 radical (unpaired) electrons. The molecule has 0 atom stereocenters. The molecule has 0 bridgehead atoms. The van der Waals surface area contributed by atoms with Crippen LogP contribution >= 0.6 is 0 Å². The van der Waals surface area contributed by atoms with Crippen molar-refractivity contribution in [3.05, 3.63) is 24.4 Å². The van der Waals surface area contributed by atoms with Crippen molar-refractivity contribution in [3.8, 4) is 11.6 Å². The summed E-state index contributed by atoms with van der Waals surface area (Å²) in [4.78, 5) is 12.3. The Morgan fingerprint density at radius 2 is 1.90 bits per heavy atom. The molecule has 0 unspecified atom stereocenters. The zero-order chi connectivity index (χ0) is 15.0. The van der Waals surface area contributed by atoms with Crippen molar-refractivity contribution in [3.63, 3.8) is 0 Å². The predicted octanol–water partition coefficient (Wildman–Crippen LogP) is 0.664. The van der Waals surface area contributed by atoms with Gasteiger partial charge in [-0.1, -0.05) is 5.16 Å². The van der Waals surface area contributed by atoms with Gasteiger partial charge in [0, 0.05) is 25.5 Å². The summed E-state index contributed by atoms with van der Waals surface area (Å²) in [6.45, 7) is 4.08. The molecule has 1 fully saturated rings. The lowest BCUT2D eigenvalue weighted by atomic mass is 10.0. The van der Waals surface area contributed by atoms with E-state index in [-0.39, 0.29) is 5.92 Å². The SMILES string of the molecule is CC(C)S(=O)(=O)N1CC(c2nc(-c3ncccn3)no2)C1. The lowest BCUT2D eigenvalue weighted by Crippen LogP contribution is -2.50. The molecule has 1 aliphatic heterocycles. The summed E-state index contributed by atoms with van der Waals surface area (Å²) in [7, 11) is -3.21. The zero-order valence-electron chi connectivity index (χ0n) is 11.7. The second-order valence-electron chi connectivity index (χ2n) is 5.14. The average Bonchev–Trinajstić information content (AvgIpc) is 2.87. The molecule has 3 rings (SSSR count). The number of sulfonamides is 1. The van der Waals surface area contributed by atoms with E-state index in [9.17, 15) is 8.42 Å². The first-order valence-corrected chi connectivity index (χ1v) is 8.08. The largest absolute Gasteiger partial charge is 0.338 e. The van der Waals surface area contributed by atoms with Gasteiger partial charge in [0.05, 0.1) is 11.2 Å². The Balaban J connectivity index is 1.70. The third-order valence-corrected chi connectivity index (χ3v) is 5.57. The summed E-state index contributed by atoms with van der Waals surface area (Å²) < 4.78 is 30.5. The fourth-order valence-corrected chi connectivity index (χ4v) is 3.38. The summed E-state index contributed by atoms with van der Waals surface area (Å²) in [5, 5.41) is 3.41. The number of hydrogen-bond donors (Lipinski definition) is 0. The van der Waals surface area contributed by atoms with Crippen LogP contribution in [0, 0.1) is 0 Å². The van der Waals surface area contributed by atoms with Gasteiger partial charge in [-0.25, -0.2) is 22.7 Å². The quantitative estimate of drug-likeness (QED) is 0.817. The van der Waals surface area contributed by atoms with Gasteiger partial charge in [-0.15, -0.1) is 0 Å². The molecular weight excluding hydrogens is 294 g/mol. The minimum Gasteiger partial charge on any atom is -0.338 e. The van der Waals surface area contributed by atoms with E-state index in [1.54, 1.807) is 32.3 Å².